The fourth-order valence-electron chi connectivity index (χ4n) is 2.66. The van der Waals surface area contributed by atoms with Crippen LogP contribution < -0.4 is 0 Å². The summed E-state index contributed by atoms with van der Waals surface area (Å²) >= 11 is 0. The molecule has 0 aromatic carbocycles. The number of rotatable bonds is 6. The molecule has 116 valence electrons. The molecule has 0 amide bonds. The van der Waals surface area contributed by atoms with Gasteiger partial charge in [-0.25, -0.2) is 0 Å². The number of hydrogen-bond donors (Lipinski definition) is 0. The number of carbonyl (C=O) groups excluding carboxylic acids is 2. The van der Waals surface area contributed by atoms with Crippen molar-refractivity contribution in [3.8, 4) is 0 Å². The van der Waals surface area contributed by atoms with Crippen molar-refractivity contribution in [3.05, 3.63) is 23.8 Å². The maximum atomic E-state index is 11.8. The summed E-state index contributed by atoms with van der Waals surface area (Å²) in [5.41, 5.74) is 1.41. The molecule has 0 N–H and O–H groups in total. The molecule has 0 saturated heterocycles. The number of ether oxygens (including phenoxy) is 2. The van der Waals surface area contributed by atoms with Crippen LogP contribution in [0.15, 0.2) is 23.8 Å². The topological polar surface area (TPSA) is 52.6 Å². The van der Waals surface area contributed by atoms with Crippen LogP contribution in [0.3, 0.4) is 0 Å². The van der Waals surface area contributed by atoms with E-state index in [2.05, 4.69) is 6.08 Å². The molecule has 0 saturated carbocycles. The highest BCUT2D eigenvalue weighted by Crippen LogP contribution is 2.24. The van der Waals surface area contributed by atoms with Crippen molar-refractivity contribution in [3.63, 3.8) is 0 Å². The molecular weight excluding hydrogens is 268 g/mol. The molecule has 4 nitrogen and oxygen atoms in total. The molecule has 1 aliphatic heterocycles. The van der Waals surface area contributed by atoms with E-state index in [0.717, 1.165) is 25.7 Å². The Morgan fingerprint density at radius 1 is 1.43 bits per heavy atom. The highest BCUT2D eigenvalue weighted by molar-refractivity contribution is 5.94. The third kappa shape index (κ3) is 5.12. The van der Waals surface area contributed by atoms with E-state index in [4.69, 9.17) is 9.47 Å². The van der Waals surface area contributed by atoms with Crippen LogP contribution in [-0.4, -0.2) is 30.6 Å². The maximum absolute atomic E-state index is 11.8. The zero-order valence-corrected chi connectivity index (χ0v) is 12.7. The van der Waals surface area contributed by atoms with Gasteiger partial charge in [-0.3, -0.25) is 9.59 Å². The molecule has 2 atom stereocenters. The molecule has 0 bridgehead atoms. The minimum absolute atomic E-state index is 0.0254. The number of ketones is 1. The van der Waals surface area contributed by atoms with Crippen molar-refractivity contribution in [2.24, 2.45) is 0 Å². The first kappa shape index (κ1) is 16.0. The van der Waals surface area contributed by atoms with Gasteiger partial charge in [0.25, 0.3) is 0 Å². The maximum Gasteiger partial charge on any atom is 0.305 e. The van der Waals surface area contributed by atoms with Crippen molar-refractivity contribution in [2.45, 2.75) is 64.1 Å². The van der Waals surface area contributed by atoms with Gasteiger partial charge in [-0.1, -0.05) is 24.6 Å². The first-order valence-electron chi connectivity index (χ1n) is 7.90. The third-order valence-electron chi connectivity index (χ3n) is 3.83. The van der Waals surface area contributed by atoms with E-state index >= 15 is 0 Å². The lowest BCUT2D eigenvalue weighted by Crippen LogP contribution is -2.36. The fourth-order valence-corrected chi connectivity index (χ4v) is 2.66. The summed E-state index contributed by atoms with van der Waals surface area (Å²) < 4.78 is 10.9. The van der Waals surface area contributed by atoms with Crippen LogP contribution in [0.1, 0.15) is 51.9 Å². The quantitative estimate of drug-likeness (QED) is 0.557. The van der Waals surface area contributed by atoms with E-state index in [1.165, 1.54) is 18.4 Å². The van der Waals surface area contributed by atoms with E-state index in [9.17, 15) is 9.59 Å². The highest BCUT2D eigenvalue weighted by atomic mass is 16.6. The minimum Gasteiger partial charge on any atom is -0.462 e. The summed E-state index contributed by atoms with van der Waals surface area (Å²) in [5, 5.41) is 0. The van der Waals surface area contributed by atoms with E-state index in [1.807, 2.05) is 13.0 Å². The number of allylic oxidation sites excluding steroid dienone is 1. The number of hydrogen-bond acceptors (Lipinski definition) is 4. The minimum atomic E-state index is -0.648. The van der Waals surface area contributed by atoms with Gasteiger partial charge >= 0.3 is 5.97 Å². The van der Waals surface area contributed by atoms with Crippen molar-refractivity contribution in [1.82, 2.24) is 0 Å². The standard InChI is InChI=1S/C17H24O4/c1-2-6-17(19)20-12-16-15(18)10-9-14(21-16)11-13-7-4-3-5-8-13/h7,9-10,14,16H,2-6,8,11-12H2,1H3/t14-,16+/m0/s1. The van der Waals surface area contributed by atoms with Crippen molar-refractivity contribution in [1.29, 1.82) is 0 Å². The summed E-state index contributed by atoms with van der Waals surface area (Å²) in [6, 6.07) is 0. The first-order valence-corrected chi connectivity index (χ1v) is 7.90. The Hall–Kier alpha value is -1.42. The van der Waals surface area contributed by atoms with E-state index in [-0.39, 0.29) is 24.5 Å². The first-order chi connectivity index (χ1) is 10.2. The molecule has 0 radical (unpaired) electrons. The van der Waals surface area contributed by atoms with Gasteiger partial charge in [-0.15, -0.1) is 0 Å². The third-order valence-corrected chi connectivity index (χ3v) is 3.83. The van der Waals surface area contributed by atoms with Gasteiger partial charge in [0.15, 0.2) is 11.9 Å². The van der Waals surface area contributed by atoms with Gasteiger partial charge in [-0.05, 0) is 44.6 Å². The summed E-state index contributed by atoms with van der Waals surface area (Å²) in [5.74, 6) is -0.386. The van der Waals surface area contributed by atoms with E-state index < -0.39 is 6.10 Å². The lowest BCUT2D eigenvalue weighted by molar-refractivity contribution is -0.152. The molecule has 0 fully saturated rings. The highest BCUT2D eigenvalue weighted by Gasteiger charge is 2.27. The molecule has 2 aliphatic rings. The monoisotopic (exact) mass is 292 g/mol. The van der Waals surface area contributed by atoms with Gasteiger partial charge in [-0.2, -0.15) is 0 Å². The summed E-state index contributed by atoms with van der Waals surface area (Å²) in [6.45, 7) is 1.94. The molecule has 21 heavy (non-hydrogen) atoms. The van der Waals surface area contributed by atoms with Crippen LogP contribution in [-0.2, 0) is 19.1 Å². The van der Waals surface area contributed by atoms with Crippen molar-refractivity contribution in [2.75, 3.05) is 6.61 Å². The Morgan fingerprint density at radius 3 is 3.00 bits per heavy atom. The van der Waals surface area contributed by atoms with Crippen molar-refractivity contribution >= 4 is 11.8 Å². The Labute approximate surface area is 126 Å². The molecule has 0 aromatic rings. The lowest BCUT2D eigenvalue weighted by Gasteiger charge is -2.26. The van der Waals surface area contributed by atoms with Gasteiger partial charge in [0, 0.05) is 6.42 Å². The summed E-state index contributed by atoms with van der Waals surface area (Å²) in [4.78, 5) is 23.2. The second-order valence-electron chi connectivity index (χ2n) is 5.67. The Bertz CT molecular complexity index is 436. The van der Waals surface area contributed by atoms with Crippen molar-refractivity contribution < 1.29 is 19.1 Å². The molecular formula is C17H24O4. The van der Waals surface area contributed by atoms with E-state index in [0.29, 0.717) is 6.42 Å². The second kappa shape index (κ2) is 8.13. The Morgan fingerprint density at radius 2 is 2.29 bits per heavy atom. The Balaban J connectivity index is 1.83. The molecule has 1 aliphatic carbocycles. The molecule has 0 spiro atoms. The molecule has 2 rings (SSSR count). The molecule has 1 heterocycles. The van der Waals surface area contributed by atoms with E-state index in [1.54, 1.807) is 6.08 Å². The summed E-state index contributed by atoms with van der Waals surface area (Å²) in [6.07, 6.45) is 11.7. The molecule has 0 unspecified atom stereocenters. The van der Waals surface area contributed by atoms with Crippen LogP contribution in [0.25, 0.3) is 0 Å². The zero-order valence-electron chi connectivity index (χ0n) is 12.7. The smallest absolute Gasteiger partial charge is 0.305 e. The number of esters is 1. The normalized spacial score (nSPS) is 25.6. The fraction of sp³-hybridized carbons (Fsp3) is 0.647. The van der Waals surface area contributed by atoms with Crippen LogP contribution in [0.5, 0.6) is 0 Å². The Kier molecular flexibility index (Phi) is 6.18. The SMILES string of the molecule is CCCC(=O)OC[C@H]1O[C@H](CC2=CCCCC2)C=CC1=O. The van der Waals surface area contributed by atoms with Gasteiger partial charge in [0.05, 0.1) is 6.10 Å². The average molecular weight is 292 g/mol. The predicted octanol–water partition coefficient (Wildman–Crippen LogP) is 3.11. The van der Waals surface area contributed by atoms with Crippen LogP contribution in [0.2, 0.25) is 0 Å². The second-order valence-corrected chi connectivity index (χ2v) is 5.67. The molecule has 0 aromatic heterocycles. The average Bonchev–Trinajstić information content (AvgIpc) is 2.49. The largest absolute Gasteiger partial charge is 0.462 e. The van der Waals surface area contributed by atoms with Crippen LogP contribution in [0.4, 0.5) is 0 Å². The van der Waals surface area contributed by atoms with Gasteiger partial charge in [0.1, 0.15) is 6.61 Å². The lowest BCUT2D eigenvalue weighted by atomic mass is 9.94. The predicted molar refractivity (Wildman–Crippen MR) is 79.8 cm³/mol. The van der Waals surface area contributed by atoms with Gasteiger partial charge < -0.3 is 9.47 Å². The van der Waals surface area contributed by atoms with Crippen LogP contribution >= 0.6 is 0 Å². The van der Waals surface area contributed by atoms with Gasteiger partial charge in [0.2, 0.25) is 0 Å². The zero-order chi connectivity index (χ0) is 15.1. The molecule has 4 heteroatoms. The number of carbonyl (C=O) groups is 2. The summed E-state index contributed by atoms with van der Waals surface area (Å²) in [7, 11) is 0. The van der Waals surface area contributed by atoms with Crippen LogP contribution in [0, 0.1) is 0 Å².